The Balaban J connectivity index is 1.61. The van der Waals surface area contributed by atoms with Gasteiger partial charge in [0.25, 0.3) is 0 Å². The van der Waals surface area contributed by atoms with E-state index in [0.717, 1.165) is 5.01 Å². The van der Waals surface area contributed by atoms with Crippen LogP contribution in [0.1, 0.15) is 16.4 Å². The quantitative estimate of drug-likeness (QED) is 0.211. The molecule has 11 heteroatoms. The lowest BCUT2D eigenvalue weighted by molar-refractivity contribution is 0.235. The number of amidine groups is 1. The Kier molecular flexibility index (Phi) is 5.76. The second-order valence-corrected chi connectivity index (χ2v) is 7.33. The predicted molar refractivity (Wildman–Crippen MR) is 109 cm³/mol. The molecule has 8 nitrogen and oxygen atoms in total. The zero-order chi connectivity index (χ0) is 20.2. The monoisotopic (exact) mass is 431 g/mol. The van der Waals surface area contributed by atoms with Gasteiger partial charge in [-0.3, -0.25) is 10.7 Å². The topological polar surface area (TPSA) is 111 Å². The molecular formula is C18H15ClFN7OS. The average molecular weight is 432 g/mol. The molecule has 4 aromatic rings. The standard InChI is InChI=1S/C18H15ClFN7OS/c19-12-7-10(1-2-13(12)20)24-17(27-28)11-3-4-23-18-16(11)25-14(26-18)8-21-9-15-22-5-6-29-15/h1-7,21,28H,8-9H2,(H,24,27)(H,23,25,26). The number of imidazole rings is 1. The smallest absolute Gasteiger partial charge is 0.178 e. The third-order valence-electron chi connectivity index (χ3n) is 4.00. The largest absolute Gasteiger partial charge is 0.339 e. The number of nitrogens with zero attached hydrogens (tertiary/aromatic N) is 4. The summed E-state index contributed by atoms with van der Waals surface area (Å²) >= 11 is 7.38. The van der Waals surface area contributed by atoms with Crippen LogP contribution >= 0.6 is 22.9 Å². The van der Waals surface area contributed by atoms with Crippen LogP contribution in [0.25, 0.3) is 11.2 Å². The number of hydroxylamine groups is 1. The van der Waals surface area contributed by atoms with Crippen molar-refractivity contribution in [1.82, 2.24) is 30.7 Å². The van der Waals surface area contributed by atoms with Crippen LogP contribution < -0.4 is 10.8 Å². The number of aliphatic imine (C=N–C) groups is 1. The molecule has 1 aromatic carbocycles. The van der Waals surface area contributed by atoms with Crippen molar-refractivity contribution in [3.63, 3.8) is 0 Å². The molecule has 29 heavy (non-hydrogen) atoms. The molecule has 0 spiro atoms. The summed E-state index contributed by atoms with van der Waals surface area (Å²) in [5.41, 5.74) is 4.09. The van der Waals surface area contributed by atoms with E-state index in [4.69, 9.17) is 11.6 Å². The maximum Gasteiger partial charge on any atom is 0.178 e. The molecule has 4 N–H and O–H groups in total. The lowest BCUT2D eigenvalue weighted by Gasteiger charge is -2.06. The van der Waals surface area contributed by atoms with E-state index >= 15 is 0 Å². The van der Waals surface area contributed by atoms with Crippen molar-refractivity contribution in [3.05, 3.63) is 69.3 Å². The Hall–Kier alpha value is -2.92. The van der Waals surface area contributed by atoms with Crippen LogP contribution in [0.5, 0.6) is 0 Å². The molecule has 0 aliphatic rings. The van der Waals surface area contributed by atoms with E-state index in [-0.39, 0.29) is 10.9 Å². The number of thiazole rings is 1. The van der Waals surface area contributed by atoms with Gasteiger partial charge in [-0.2, -0.15) is 0 Å². The van der Waals surface area contributed by atoms with Crippen LogP contribution in [0.15, 0.2) is 47.0 Å². The van der Waals surface area contributed by atoms with Gasteiger partial charge in [-0.1, -0.05) is 11.6 Å². The Labute approximate surface area is 173 Å². The van der Waals surface area contributed by atoms with Gasteiger partial charge in [0, 0.05) is 29.9 Å². The number of hydrogen-bond donors (Lipinski definition) is 4. The molecule has 0 aliphatic heterocycles. The molecule has 148 valence electrons. The zero-order valence-electron chi connectivity index (χ0n) is 14.9. The van der Waals surface area contributed by atoms with Gasteiger partial charge in [-0.25, -0.2) is 24.3 Å². The summed E-state index contributed by atoms with van der Waals surface area (Å²) in [5.74, 6) is 0.281. The second kappa shape index (κ2) is 8.62. The van der Waals surface area contributed by atoms with Crippen LogP contribution in [0.4, 0.5) is 10.1 Å². The molecule has 0 aliphatic carbocycles. The van der Waals surface area contributed by atoms with E-state index in [1.807, 2.05) is 5.38 Å². The number of H-pyrrole nitrogens is 1. The highest BCUT2D eigenvalue weighted by molar-refractivity contribution is 7.09. The van der Waals surface area contributed by atoms with Crippen molar-refractivity contribution in [2.24, 2.45) is 4.99 Å². The molecule has 3 aromatic heterocycles. The van der Waals surface area contributed by atoms with Crippen LogP contribution in [0.3, 0.4) is 0 Å². The number of rotatable bonds is 6. The minimum absolute atomic E-state index is 0.0569. The van der Waals surface area contributed by atoms with E-state index < -0.39 is 5.82 Å². The third kappa shape index (κ3) is 4.40. The van der Waals surface area contributed by atoms with Crippen LogP contribution in [-0.4, -0.2) is 31.0 Å². The van der Waals surface area contributed by atoms with Crippen molar-refractivity contribution >= 4 is 45.6 Å². The molecule has 0 fully saturated rings. The van der Waals surface area contributed by atoms with Gasteiger partial charge >= 0.3 is 0 Å². The number of benzene rings is 1. The summed E-state index contributed by atoms with van der Waals surface area (Å²) < 4.78 is 13.4. The Morgan fingerprint density at radius 2 is 2.14 bits per heavy atom. The average Bonchev–Trinajstić information content (AvgIpc) is 3.38. The molecule has 0 bridgehead atoms. The minimum Gasteiger partial charge on any atom is -0.339 e. The Morgan fingerprint density at radius 1 is 1.24 bits per heavy atom. The fourth-order valence-corrected chi connectivity index (χ4v) is 3.46. The van der Waals surface area contributed by atoms with Gasteiger partial charge in [0.1, 0.15) is 16.6 Å². The summed E-state index contributed by atoms with van der Waals surface area (Å²) in [5, 5.41) is 15.7. The molecule has 0 radical (unpaired) electrons. The summed E-state index contributed by atoms with van der Waals surface area (Å²) in [6.07, 6.45) is 3.33. The van der Waals surface area contributed by atoms with E-state index in [2.05, 4.69) is 35.7 Å². The first-order valence-corrected chi connectivity index (χ1v) is 9.76. The molecule has 0 atom stereocenters. The highest BCUT2D eigenvalue weighted by Crippen LogP contribution is 2.23. The summed E-state index contributed by atoms with van der Waals surface area (Å²) in [6.45, 7) is 1.12. The van der Waals surface area contributed by atoms with E-state index in [1.54, 1.807) is 29.8 Å². The highest BCUT2D eigenvalue weighted by atomic mass is 35.5. The van der Waals surface area contributed by atoms with Gasteiger partial charge in [0.15, 0.2) is 11.5 Å². The van der Waals surface area contributed by atoms with E-state index in [1.165, 1.54) is 18.2 Å². The first-order valence-electron chi connectivity index (χ1n) is 8.51. The number of pyridine rings is 1. The van der Waals surface area contributed by atoms with Gasteiger partial charge in [-0.05, 0) is 24.3 Å². The summed E-state index contributed by atoms with van der Waals surface area (Å²) in [7, 11) is 0. The number of aromatic amines is 1. The van der Waals surface area contributed by atoms with Gasteiger partial charge in [-0.15, -0.1) is 11.3 Å². The summed E-state index contributed by atoms with van der Waals surface area (Å²) in [6, 6.07) is 5.71. The minimum atomic E-state index is -0.543. The van der Waals surface area contributed by atoms with Crippen molar-refractivity contribution in [1.29, 1.82) is 0 Å². The number of nitrogens with one attached hydrogen (secondary N) is 3. The fraction of sp³-hybridized carbons (Fsp3) is 0.111. The van der Waals surface area contributed by atoms with E-state index in [0.29, 0.717) is 41.3 Å². The summed E-state index contributed by atoms with van der Waals surface area (Å²) in [4.78, 5) is 20.4. The number of fused-ring (bicyclic) bond motifs is 1. The maximum absolute atomic E-state index is 13.4. The fourth-order valence-electron chi connectivity index (χ4n) is 2.70. The highest BCUT2D eigenvalue weighted by Gasteiger charge is 2.13. The van der Waals surface area contributed by atoms with Gasteiger partial charge in [0.2, 0.25) is 0 Å². The normalized spacial score (nSPS) is 11.9. The van der Waals surface area contributed by atoms with Crippen LogP contribution in [0, 0.1) is 5.82 Å². The number of halogens is 2. The Morgan fingerprint density at radius 3 is 2.90 bits per heavy atom. The van der Waals surface area contributed by atoms with Crippen LogP contribution in [-0.2, 0) is 13.1 Å². The number of hydrogen-bond acceptors (Lipinski definition) is 7. The molecular weight excluding hydrogens is 417 g/mol. The number of aromatic nitrogens is 4. The zero-order valence-corrected chi connectivity index (χ0v) is 16.4. The van der Waals surface area contributed by atoms with Gasteiger partial charge in [0.05, 0.1) is 22.8 Å². The van der Waals surface area contributed by atoms with Crippen LogP contribution in [0.2, 0.25) is 5.02 Å². The van der Waals surface area contributed by atoms with Crippen molar-refractivity contribution in [3.8, 4) is 0 Å². The lowest BCUT2D eigenvalue weighted by Crippen LogP contribution is -2.20. The molecule has 0 saturated heterocycles. The third-order valence-corrected chi connectivity index (χ3v) is 5.07. The molecule has 0 unspecified atom stereocenters. The van der Waals surface area contributed by atoms with Gasteiger partial charge < -0.3 is 10.3 Å². The lowest BCUT2D eigenvalue weighted by atomic mass is 10.2. The SMILES string of the molecule is ONC(=Nc1ccc(F)c(Cl)c1)c1ccnc2nc(CNCc3nccs3)[nH]c12. The first-order chi connectivity index (χ1) is 14.1. The first kappa shape index (κ1) is 19.4. The van der Waals surface area contributed by atoms with Crippen molar-refractivity contribution in [2.45, 2.75) is 13.1 Å². The van der Waals surface area contributed by atoms with E-state index in [9.17, 15) is 9.60 Å². The Bertz CT molecular complexity index is 1160. The van der Waals surface area contributed by atoms with Crippen molar-refractivity contribution < 1.29 is 9.60 Å². The van der Waals surface area contributed by atoms with Crippen molar-refractivity contribution in [2.75, 3.05) is 0 Å². The maximum atomic E-state index is 13.4. The molecule has 0 saturated carbocycles. The molecule has 0 amide bonds. The molecule has 3 heterocycles. The second-order valence-electron chi connectivity index (χ2n) is 5.94. The molecule has 4 rings (SSSR count). The predicted octanol–water partition coefficient (Wildman–Crippen LogP) is 3.55.